The number of nitrogens with zero attached hydrogens (tertiary/aromatic N) is 1. The number of hydrazine groups is 1. The monoisotopic (exact) mass is 249 g/mol. The molecule has 0 aliphatic rings. The zero-order chi connectivity index (χ0) is 13.5. The molecule has 0 aromatic heterocycles. The average molecular weight is 249 g/mol. The third-order valence-corrected chi connectivity index (χ3v) is 3.01. The first-order valence-corrected chi connectivity index (χ1v) is 6.50. The van der Waals surface area contributed by atoms with Crippen LogP contribution in [-0.2, 0) is 0 Å². The smallest absolute Gasteiger partial charge is 0.256 e. The van der Waals surface area contributed by atoms with Gasteiger partial charge in [-0.25, -0.2) is 0 Å². The van der Waals surface area contributed by atoms with Gasteiger partial charge in [0.2, 0.25) is 0 Å². The number of anilines is 1. The van der Waals surface area contributed by atoms with Crippen molar-refractivity contribution >= 4 is 11.6 Å². The van der Waals surface area contributed by atoms with Gasteiger partial charge in [0.25, 0.3) is 5.91 Å². The zero-order valence-electron chi connectivity index (χ0n) is 11.5. The van der Waals surface area contributed by atoms with Gasteiger partial charge in [-0.3, -0.25) is 10.6 Å². The molecule has 1 amide bonds. The van der Waals surface area contributed by atoms with E-state index in [0.29, 0.717) is 11.3 Å². The van der Waals surface area contributed by atoms with Crippen molar-refractivity contribution in [2.24, 2.45) is 5.84 Å². The van der Waals surface area contributed by atoms with Gasteiger partial charge < -0.3 is 10.3 Å². The maximum absolute atomic E-state index is 12.4. The Bertz CT molecular complexity index is 404. The van der Waals surface area contributed by atoms with E-state index < -0.39 is 0 Å². The van der Waals surface area contributed by atoms with Crippen LogP contribution in [0.15, 0.2) is 18.2 Å². The summed E-state index contributed by atoms with van der Waals surface area (Å²) in [4.78, 5) is 14.3. The summed E-state index contributed by atoms with van der Waals surface area (Å²) in [5.41, 5.74) is 4.98. The van der Waals surface area contributed by atoms with E-state index in [1.54, 1.807) is 0 Å². The topological polar surface area (TPSA) is 58.4 Å². The first kappa shape index (κ1) is 14.5. The maximum Gasteiger partial charge on any atom is 0.256 e. The Hall–Kier alpha value is -1.55. The Morgan fingerprint density at radius 1 is 1.39 bits per heavy atom. The minimum atomic E-state index is 0.0441. The molecule has 0 fully saturated rings. The Morgan fingerprint density at radius 3 is 2.67 bits per heavy atom. The number of nitrogens with two attached hydrogens (primary N) is 1. The molecule has 18 heavy (non-hydrogen) atoms. The van der Waals surface area contributed by atoms with Gasteiger partial charge >= 0.3 is 0 Å². The first-order valence-electron chi connectivity index (χ1n) is 6.50. The van der Waals surface area contributed by atoms with Gasteiger partial charge in [-0.2, -0.15) is 0 Å². The van der Waals surface area contributed by atoms with Crippen LogP contribution in [0, 0.1) is 6.92 Å². The van der Waals surface area contributed by atoms with Crippen LogP contribution in [-0.4, -0.2) is 23.9 Å². The van der Waals surface area contributed by atoms with E-state index in [9.17, 15) is 4.79 Å². The molecule has 4 heteroatoms. The van der Waals surface area contributed by atoms with E-state index in [1.807, 2.05) is 36.9 Å². The number of amides is 1. The number of carbonyl (C=O) groups excluding carboxylic acids is 1. The summed E-state index contributed by atoms with van der Waals surface area (Å²) < 4.78 is 0. The van der Waals surface area contributed by atoms with Crippen LogP contribution in [0.25, 0.3) is 0 Å². The molecular formula is C14H23N3O. The summed E-state index contributed by atoms with van der Waals surface area (Å²) in [6.45, 7) is 7.61. The molecule has 0 saturated carbocycles. The van der Waals surface area contributed by atoms with Gasteiger partial charge in [-0.1, -0.05) is 25.0 Å². The van der Waals surface area contributed by atoms with Crippen LogP contribution >= 0.6 is 0 Å². The molecule has 4 nitrogen and oxygen atoms in total. The molecule has 0 bridgehead atoms. The lowest BCUT2D eigenvalue weighted by Gasteiger charge is -2.22. The number of aryl methyl sites for hydroxylation is 1. The summed E-state index contributed by atoms with van der Waals surface area (Å²) >= 11 is 0. The van der Waals surface area contributed by atoms with Crippen LogP contribution in [0.2, 0.25) is 0 Å². The summed E-state index contributed by atoms with van der Waals surface area (Å²) in [5.74, 6) is 5.50. The highest BCUT2D eigenvalue weighted by Gasteiger charge is 2.17. The van der Waals surface area contributed by atoms with Crippen LogP contribution in [0.5, 0.6) is 0 Å². The van der Waals surface area contributed by atoms with Gasteiger partial charge in [0, 0.05) is 13.1 Å². The zero-order valence-corrected chi connectivity index (χ0v) is 11.5. The lowest BCUT2D eigenvalue weighted by molar-refractivity contribution is 0.0763. The summed E-state index contributed by atoms with van der Waals surface area (Å²) in [6.07, 6.45) is 2.11. The number of carbonyl (C=O) groups is 1. The SMILES string of the molecule is CCCCN(CC)C(=O)c1cc(C)ccc1NN. The highest BCUT2D eigenvalue weighted by atomic mass is 16.2. The van der Waals surface area contributed by atoms with Crippen LogP contribution in [0.3, 0.4) is 0 Å². The number of unbranched alkanes of at least 4 members (excludes halogenated alkanes) is 1. The molecule has 0 radical (unpaired) electrons. The fourth-order valence-electron chi connectivity index (χ4n) is 1.88. The normalized spacial score (nSPS) is 10.2. The molecular weight excluding hydrogens is 226 g/mol. The minimum Gasteiger partial charge on any atom is -0.339 e. The molecule has 0 aliphatic heterocycles. The van der Waals surface area contributed by atoms with Crippen molar-refractivity contribution in [2.75, 3.05) is 18.5 Å². The van der Waals surface area contributed by atoms with E-state index in [-0.39, 0.29) is 5.91 Å². The molecule has 1 aromatic rings. The van der Waals surface area contributed by atoms with Crippen LogP contribution < -0.4 is 11.3 Å². The molecule has 0 spiro atoms. The molecule has 0 atom stereocenters. The number of nitrogen functional groups attached to an aromatic ring is 1. The molecule has 100 valence electrons. The van der Waals surface area contributed by atoms with E-state index in [1.165, 1.54) is 0 Å². The average Bonchev–Trinajstić information content (AvgIpc) is 2.39. The second kappa shape index (κ2) is 7.01. The van der Waals surface area contributed by atoms with E-state index in [2.05, 4.69) is 12.3 Å². The lowest BCUT2D eigenvalue weighted by atomic mass is 10.1. The lowest BCUT2D eigenvalue weighted by Crippen LogP contribution is -2.32. The van der Waals surface area contributed by atoms with Crippen molar-refractivity contribution in [1.29, 1.82) is 0 Å². The Morgan fingerprint density at radius 2 is 2.11 bits per heavy atom. The highest BCUT2D eigenvalue weighted by Crippen LogP contribution is 2.18. The molecule has 0 saturated heterocycles. The second-order valence-electron chi connectivity index (χ2n) is 4.43. The molecule has 0 unspecified atom stereocenters. The summed E-state index contributed by atoms with van der Waals surface area (Å²) in [5, 5.41) is 0. The third kappa shape index (κ3) is 3.47. The summed E-state index contributed by atoms with van der Waals surface area (Å²) in [7, 11) is 0. The number of hydrogen-bond acceptors (Lipinski definition) is 3. The first-order chi connectivity index (χ1) is 8.63. The van der Waals surface area contributed by atoms with Crippen molar-refractivity contribution in [1.82, 2.24) is 4.90 Å². The number of hydrogen-bond donors (Lipinski definition) is 2. The predicted molar refractivity (Wildman–Crippen MR) is 75.5 cm³/mol. The fraction of sp³-hybridized carbons (Fsp3) is 0.500. The Labute approximate surface area is 109 Å². The molecule has 1 rings (SSSR count). The van der Waals surface area contributed by atoms with E-state index in [0.717, 1.165) is 31.5 Å². The quantitative estimate of drug-likeness (QED) is 0.601. The standard InChI is InChI=1S/C14H23N3O/c1-4-6-9-17(5-2)14(18)12-10-11(3)7-8-13(12)16-15/h7-8,10,16H,4-6,9,15H2,1-3H3. The van der Waals surface area contributed by atoms with Gasteiger partial charge in [0.15, 0.2) is 0 Å². The maximum atomic E-state index is 12.4. The van der Waals surface area contributed by atoms with E-state index >= 15 is 0 Å². The Kier molecular flexibility index (Phi) is 5.65. The predicted octanol–water partition coefficient (Wildman–Crippen LogP) is 2.54. The van der Waals surface area contributed by atoms with Gasteiger partial charge in [0.05, 0.1) is 11.3 Å². The van der Waals surface area contributed by atoms with Crippen molar-refractivity contribution in [3.8, 4) is 0 Å². The van der Waals surface area contributed by atoms with Crippen molar-refractivity contribution in [3.05, 3.63) is 29.3 Å². The van der Waals surface area contributed by atoms with E-state index in [4.69, 9.17) is 5.84 Å². The highest BCUT2D eigenvalue weighted by molar-refractivity contribution is 5.99. The fourth-order valence-corrected chi connectivity index (χ4v) is 1.88. The summed E-state index contributed by atoms with van der Waals surface area (Å²) in [6, 6.07) is 5.66. The minimum absolute atomic E-state index is 0.0441. The van der Waals surface area contributed by atoms with Crippen molar-refractivity contribution in [2.45, 2.75) is 33.6 Å². The largest absolute Gasteiger partial charge is 0.339 e. The van der Waals surface area contributed by atoms with Gasteiger partial charge in [-0.15, -0.1) is 0 Å². The van der Waals surface area contributed by atoms with Gasteiger partial charge in [-0.05, 0) is 32.4 Å². The molecule has 1 aromatic carbocycles. The number of nitrogens with one attached hydrogen (secondary N) is 1. The van der Waals surface area contributed by atoms with Crippen LogP contribution in [0.4, 0.5) is 5.69 Å². The van der Waals surface area contributed by atoms with Gasteiger partial charge in [0.1, 0.15) is 0 Å². The molecule has 0 aliphatic carbocycles. The van der Waals surface area contributed by atoms with Crippen molar-refractivity contribution < 1.29 is 4.79 Å². The Balaban J connectivity index is 2.96. The number of rotatable bonds is 6. The third-order valence-electron chi connectivity index (χ3n) is 3.01. The van der Waals surface area contributed by atoms with Crippen LogP contribution in [0.1, 0.15) is 42.6 Å². The number of benzene rings is 1. The molecule has 3 N–H and O–H groups in total. The van der Waals surface area contributed by atoms with Crippen molar-refractivity contribution in [3.63, 3.8) is 0 Å². The second-order valence-corrected chi connectivity index (χ2v) is 4.43. The molecule has 0 heterocycles.